The first-order valence-electron chi connectivity index (χ1n) is 11.0. The van der Waals surface area contributed by atoms with Crippen LogP contribution in [0.1, 0.15) is 42.3 Å². The number of hydrogen-bond donors (Lipinski definition) is 3. The Morgan fingerprint density at radius 1 is 1.14 bits per heavy atom. The molecule has 0 spiro atoms. The largest absolute Gasteiger partial charge is 0.508 e. The molecule has 1 fully saturated rings. The molecule has 0 unspecified atom stereocenters. The lowest BCUT2D eigenvalue weighted by molar-refractivity contribution is -0.278. The number of aromatic nitrogens is 2. The molecular weight excluding hydrogens is 470 g/mol. The molecule has 1 aromatic heterocycles. The number of aliphatic hydroxyl groups excluding tert-OH is 3. The van der Waals surface area contributed by atoms with Gasteiger partial charge in [0, 0.05) is 23.7 Å². The van der Waals surface area contributed by atoms with Gasteiger partial charge in [0.15, 0.2) is 11.6 Å². The van der Waals surface area contributed by atoms with Crippen molar-refractivity contribution in [2.45, 2.75) is 70.9 Å². The number of halogens is 2. The smallest absolute Gasteiger partial charge is 0.443 e. The van der Waals surface area contributed by atoms with Gasteiger partial charge >= 0.3 is 6.16 Å². The van der Waals surface area contributed by atoms with E-state index in [-0.39, 0.29) is 29.5 Å². The highest BCUT2D eigenvalue weighted by molar-refractivity contribution is 5.59. The number of methoxy groups -OCH3 is 1. The molecule has 0 radical (unpaired) electrons. The van der Waals surface area contributed by atoms with Crippen LogP contribution in [0.25, 0.3) is 0 Å². The number of benzene rings is 1. The van der Waals surface area contributed by atoms with Crippen LogP contribution in [-0.4, -0.2) is 75.7 Å². The molecule has 2 aromatic rings. The highest BCUT2D eigenvalue weighted by Crippen LogP contribution is 2.31. The van der Waals surface area contributed by atoms with Gasteiger partial charge in [0.1, 0.15) is 31.0 Å². The summed E-state index contributed by atoms with van der Waals surface area (Å²) in [4.78, 5) is 11.3. The number of ether oxygens (including phenoxy) is 4. The monoisotopic (exact) mass is 500 g/mol. The second-order valence-corrected chi connectivity index (χ2v) is 8.65. The molecule has 5 atom stereocenters. The molecule has 1 aliphatic heterocycles. The lowest BCUT2D eigenvalue weighted by Gasteiger charge is -2.39. The van der Waals surface area contributed by atoms with Crippen molar-refractivity contribution < 1.29 is 47.8 Å². The minimum absolute atomic E-state index is 0.0307. The minimum atomic E-state index is -1.69. The molecule has 0 amide bonds. The Balaban J connectivity index is 1.91. The summed E-state index contributed by atoms with van der Waals surface area (Å²) in [6.45, 7) is 6.44. The summed E-state index contributed by atoms with van der Waals surface area (Å²) >= 11 is 0. The van der Waals surface area contributed by atoms with Gasteiger partial charge in [-0.15, -0.1) is 5.10 Å². The fraction of sp³-hybridized carbons (Fsp3) is 0.565. The van der Waals surface area contributed by atoms with Gasteiger partial charge in [0.2, 0.25) is 12.2 Å². The zero-order chi connectivity index (χ0) is 26.0. The zero-order valence-electron chi connectivity index (χ0n) is 20.1. The molecule has 1 aliphatic rings. The maximum absolute atomic E-state index is 14.6. The van der Waals surface area contributed by atoms with Gasteiger partial charge in [-0.2, -0.15) is 0 Å². The van der Waals surface area contributed by atoms with Gasteiger partial charge in [0.25, 0.3) is 0 Å². The van der Waals surface area contributed by atoms with Crippen molar-refractivity contribution in [2.24, 2.45) is 0 Å². The molecule has 0 saturated carbocycles. The molecule has 194 valence electrons. The lowest BCUT2D eigenvalue weighted by Crippen LogP contribution is -2.60. The second kappa shape index (κ2) is 10.9. The van der Waals surface area contributed by atoms with Crippen LogP contribution in [0.3, 0.4) is 0 Å². The summed E-state index contributed by atoms with van der Waals surface area (Å²) in [6.07, 6.45) is -8.84. The first-order valence-corrected chi connectivity index (χ1v) is 11.0. The summed E-state index contributed by atoms with van der Waals surface area (Å²) in [6, 6.07) is 2.82. The number of nitrogens with zero attached hydrogens (tertiary/aromatic N) is 2. The lowest BCUT2D eigenvalue weighted by atomic mass is 9.99. The Bertz CT molecular complexity index is 1060. The third kappa shape index (κ3) is 5.56. The van der Waals surface area contributed by atoms with Crippen LogP contribution >= 0.6 is 0 Å². The average Bonchev–Trinajstić information content (AvgIpc) is 3.13. The minimum Gasteiger partial charge on any atom is -0.443 e. The normalized spacial score (nSPS) is 24.5. The van der Waals surface area contributed by atoms with E-state index in [1.54, 1.807) is 11.6 Å². The predicted octanol–water partition coefficient (Wildman–Crippen LogP) is 1.92. The number of rotatable bonds is 7. The first kappa shape index (κ1) is 26.8. The number of carbonyl (C=O) groups is 1. The third-order valence-electron chi connectivity index (χ3n) is 5.88. The molecule has 3 N–H and O–H groups in total. The zero-order valence-corrected chi connectivity index (χ0v) is 20.1. The molecule has 0 bridgehead atoms. The molecular formula is C23H30F2N2O8. The van der Waals surface area contributed by atoms with Gasteiger partial charge < -0.3 is 34.3 Å². The predicted molar refractivity (Wildman–Crippen MR) is 117 cm³/mol. The van der Waals surface area contributed by atoms with Gasteiger partial charge in [-0.1, -0.05) is 12.1 Å². The summed E-state index contributed by atoms with van der Waals surface area (Å²) < 4.78 is 50.9. The van der Waals surface area contributed by atoms with Crippen molar-refractivity contribution in [1.29, 1.82) is 0 Å². The van der Waals surface area contributed by atoms with Gasteiger partial charge in [-0.3, -0.25) is 4.68 Å². The highest BCUT2D eigenvalue weighted by Gasteiger charge is 2.46. The second-order valence-electron chi connectivity index (χ2n) is 8.65. The third-order valence-corrected chi connectivity index (χ3v) is 5.88. The Hall–Kier alpha value is -2.80. The number of aliphatic hydroxyl groups is 3. The van der Waals surface area contributed by atoms with E-state index >= 15 is 0 Å². The van der Waals surface area contributed by atoms with Crippen molar-refractivity contribution in [3.63, 3.8) is 0 Å². The van der Waals surface area contributed by atoms with E-state index in [2.05, 4.69) is 9.84 Å². The van der Waals surface area contributed by atoms with E-state index in [4.69, 9.17) is 14.2 Å². The summed E-state index contributed by atoms with van der Waals surface area (Å²) in [5, 5.41) is 35.3. The van der Waals surface area contributed by atoms with Gasteiger partial charge in [-0.05, 0) is 38.8 Å². The molecule has 12 heteroatoms. The van der Waals surface area contributed by atoms with E-state index in [0.717, 1.165) is 7.11 Å². The van der Waals surface area contributed by atoms with Crippen LogP contribution in [0.2, 0.25) is 0 Å². The van der Waals surface area contributed by atoms with Crippen LogP contribution in [0.15, 0.2) is 12.1 Å². The molecule has 3 rings (SSSR count). The Morgan fingerprint density at radius 3 is 2.46 bits per heavy atom. The summed E-state index contributed by atoms with van der Waals surface area (Å²) in [5.41, 5.74) is 1.28. The van der Waals surface area contributed by atoms with Crippen molar-refractivity contribution >= 4 is 6.16 Å². The fourth-order valence-corrected chi connectivity index (χ4v) is 3.81. The molecule has 0 aliphatic carbocycles. The molecule has 35 heavy (non-hydrogen) atoms. The standard InChI is InChI=1S/C23H30F2N2O8/c1-10(2)27-12(4)14(8-13-7-6-11(3)16(24)17(13)25)21(26-27)35-22-20(30)19(29)18(28)15(34-22)9-33-23(31)32-5/h6-7,10,15,18-20,22,28-30H,8-9H2,1-5H3/t15-,18-,19+,20-,22+/m1/s1. The van der Waals surface area contributed by atoms with Crippen LogP contribution in [0.5, 0.6) is 5.88 Å². The number of hydrogen-bond acceptors (Lipinski definition) is 9. The number of aryl methyl sites for hydroxylation is 1. The SMILES string of the molecule is COC(=O)OC[C@H]1O[C@@H](Oc2nn(C(C)C)c(C)c2Cc2ccc(C)c(F)c2F)[C@H](O)[C@@H](O)[C@@H]1O. The Kier molecular flexibility index (Phi) is 8.31. The van der Waals surface area contributed by atoms with E-state index < -0.39 is 55.1 Å². The quantitative estimate of drug-likeness (QED) is 0.488. The molecule has 1 aromatic carbocycles. The Morgan fingerprint density at radius 2 is 1.83 bits per heavy atom. The fourth-order valence-electron chi connectivity index (χ4n) is 3.81. The van der Waals surface area contributed by atoms with E-state index in [1.807, 2.05) is 13.8 Å². The van der Waals surface area contributed by atoms with Gasteiger partial charge in [-0.25, -0.2) is 13.6 Å². The highest BCUT2D eigenvalue weighted by atomic mass is 19.2. The van der Waals surface area contributed by atoms with Crippen molar-refractivity contribution in [3.8, 4) is 5.88 Å². The average molecular weight is 500 g/mol. The van der Waals surface area contributed by atoms with Crippen molar-refractivity contribution in [3.05, 3.63) is 46.2 Å². The van der Waals surface area contributed by atoms with E-state index in [1.165, 1.54) is 19.1 Å². The van der Waals surface area contributed by atoms with Crippen LogP contribution in [-0.2, 0) is 20.6 Å². The maximum atomic E-state index is 14.6. The molecule has 1 saturated heterocycles. The Labute approximate surface area is 201 Å². The van der Waals surface area contributed by atoms with Crippen molar-refractivity contribution in [2.75, 3.05) is 13.7 Å². The molecule has 2 heterocycles. The van der Waals surface area contributed by atoms with Gasteiger partial charge in [0.05, 0.1) is 7.11 Å². The molecule has 10 nitrogen and oxygen atoms in total. The van der Waals surface area contributed by atoms with Crippen molar-refractivity contribution in [1.82, 2.24) is 9.78 Å². The summed E-state index contributed by atoms with van der Waals surface area (Å²) in [7, 11) is 1.10. The first-order chi connectivity index (χ1) is 16.5. The maximum Gasteiger partial charge on any atom is 0.508 e. The number of carbonyl (C=O) groups excluding carboxylic acids is 1. The van der Waals surface area contributed by atoms with Crippen LogP contribution in [0.4, 0.5) is 13.6 Å². The van der Waals surface area contributed by atoms with E-state index in [9.17, 15) is 28.9 Å². The summed E-state index contributed by atoms with van der Waals surface area (Å²) in [5.74, 6) is -1.97. The van der Waals surface area contributed by atoms with E-state index in [0.29, 0.717) is 11.3 Å². The van der Waals surface area contributed by atoms with Crippen LogP contribution < -0.4 is 4.74 Å². The van der Waals surface area contributed by atoms with Crippen LogP contribution in [0, 0.1) is 25.5 Å². The topological polar surface area (TPSA) is 132 Å².